The Morgan fingerprint density at radius 3 is 2.60 bits per heavy atom. The monoisotopic (exact) mass is 198 g/mol. The Balaban J connectivity index is 2.33. The van der Waals surface area contributed by atoms with E-state index in [0.717, 1.165) is 12.0 Å². The van der Waals surface area contributed by atoms with Gasteiger partial charge in [-0.25, -0.2) is 0 Å². The maximum Gasteiger partial charge on any atom is 0.184 e. The van der Waals surface area contributed by atoms with Crippen molar-refractivity contribution in [1.82, 2.24) is 5.16 Å². The number of rotatable bonds is 2. The van der Waals surface area contributed by atoms with E-state index in [4.69, 9.17) is 9.78 Å². The summed E-state index contributed by atoms with van der Waals surface area (Å²) in [5.41, 5.74) is 2.53. The first-order valence-electron chi connectivity index (χ1n) is 4.79. The lowest BCUT2D eigenvalue weighted by molar-refractivity contribution is 0.430. The first kappa shape index (κ1) is 9.47. The SMILES string of the molecule is CCc1ccc(-c2cc(C#N)no2)cc1. The van der Waals surface area contributed by atoms with Gasteiger partial charge < -0.3 is 4.52 Å². The fraction of sp³-hybridized carbons (Fsp3) is 0.167. The molecular weight excluding hydrogens is 188 g/mol. The second-order valence-electron chi connectivity index (χ2n) is 3.24. The average Bonchev–Trinajstić information content (AvgIpc) is 2.78. The van der Waals surface area contributed by atoms with E-state index in [1.807, 2.05) is 30.3 Å². The molecule has 0 atom stereocenters. The summed E-state index contributed by atoms with van der Waals surface area (Å²) in [6.45, 7) is 2.11. The smallest absolute Gasteiger partial charge is 0.184 e. The van der Waals surface area contributed by atoms with Gasteiger partial charge in [-0.1, -0.05) is 36.3 Å². The van der Waals surface area contributed by atoms with Gasteiger partial charge in [-0.15, -0.1) is 0 Å². The number of aryl methyl sites for hydroxylation is 1. The van der Waals surface area contributed by atoms with Crippen molar-refractivity contribution in [3.05, 3.63) is 41.6 Å². The zero-order valence-corrected chi connectivity index (χ0v) is 8.40. The average molecular weight is 198 g/mol. The molecule has 0 radical (unpaired) electrons. The van der Waals surface area contributed by atoms with Crippen LogP contribution in [-0.4, -0.2) is 5.16 Å². The van der Waals surface area contributed by atoms with Crippen LogP contribution in [0.5, 0.6) is 0 Å². The topological polar surface area (TPSA) is 49.8 Å². The Morgan fingerprint density at radius 1 is 1.33 bits per heavy atom. The van der Waals surface area contributed by atoms with Crippen LogP contribution in [0.2, 0.25) is 0 Å². The van der Waals surface area contributed by atoms with Crippen molar-refractivity contribution >= 4 is 0 Å². The van der Waals surface area contributed by atoms with Crippen LogP contribution >= 0.6 is 0 Å². The lowest BCUT2D eigenvalue weighted by Gasteiger charge is -1.97. The van der Waals surface area contributed by atoms with Gasteiger partial charge >= 0.3 is 0 Å². The van der Waals surface area contributed by atoms with E-state index in [1.54, 1.807) is 6.07 Å². The summed E-state index contributed by atoms with van der Waals surface area (Å²) in [6.07, 6.45) is 1.01. The fourth-order valence-electron chi connectivity index (χ4n) is 1.37. The maximum absolute atomic E-state index is 8.61. The third kappa shape index (κ3) is 1.89. The van der Waals surface area contributed by atoms with Crippen LogP contribution in [0.25, 0.3) is 11.3 Å². The largest absolute Gasteiger partial charge is 0.355 e. The van der Waals surface area contributed by atoms with Crippen molar-refractivity contribution in [2.45, 2.75) is 13.3 Å². The van der Waals surface area contributed by atoms with Crippen LogP contribution in [0.15, 0.2) is 34.9 Å². The summed E-state index contributed by atoms with van der Waals surface area (Å²) in [4.78, 5) is 0. The number of nitrogens with zero attached hydrogens (tertiary/aromatic N) is 2. The van der Waals surface area contributed by atoms with Crippen molar-refractivity contribution in [1.29, 1.82) is 5.26 Å². The minimum Gasteiger partial charge on any atom is -0.355 e. The molecule has 1 aromatic heterocycles. The summed E-state index contributed by atoms with van der Waals surface area (Å²) in [7, 11) is 0. The number of benzene rings is 1. The lowest BCUT2D eigenvalue weighted by Crippen LogP contribution is -1.79. The molecule has 0 amide bonds. The second-order valence-corrected chi connectivity index (χ2v) is 3.24. The van der Waals surface area contributed by atoms with E-state index in [9.17, 15) is 0 Å². The van der Waals surface area contributed by atoms with Crippen LogP contribution in [-0.2, 0) is 6.42 Å². The number of hydrogen-bond donors (Lipinski definition) is 0. The summed E-state index contributed by atoms with van der Waals surface area (Å²) < 4.78 is 5.04. The van der Waals surface area contributed by atoms with Crippen molar-refractivity contribution in [3.8, 4) is 17.4 Å². The Kier molecular flexibility index (Phi) is 2.51. The molecule has 1 aromatic carbocycles. The third-order valence-electron chi connectivity index (χ3n) is 2.27. The minimum absolute atomic E-state index is 0.310. The van der Waals surface area contributed by atoms with Gasteiger partial charge in [0.2, 0.25) is 0 Å². The van der Waals surface area contributed by atoms with Crippen LogP contribution < -0.4 is 0 Å². The van der Waals surface area contributed by atoms with Crippen molar-refractivity contribution in [3.63, 3.8) is 0 Å². The molecule has 2 rings (SSSR count). The van der Waals surface area contributed by atoms with Crippen molar-refractivity contribution in [2.75, 3.05) is 0 Å². The molecule has 3 heteroatoms. The standard InChI is InChI=1S/C12H10N2O/c1-2-9-3-5-10(6-4-9)12-7-11(8-13)14-15-12/h3-7H,2H2,1H3. The molecule has 2 aromatic rings. The Morgan fingerprint density at radius 2 is 2.07 bits per heavy atom. The van der Waals surface area contributed by atoms with Crippen LogP contribution in [0.4, 0.5) is 0 Å². The Bertz CT molecular complexity index is 491. The fourth-order valence-corrected chi connectivity index (χ4v) is 1.37. The molecule has 0 N–H and O–H groups in total. The summed E-state index contributed by atoms with van der Waals surface area (Å²) in [5.74, 6) is 0.634. The summed E-state index contributed by atoms with van der Waals surface area (Å²) in [5, 5.41) is 12.2. The molecule has 0 bridgehead atoms. The van der Waals surface area contributed by atoms with Gasteiger partial charge in [0.05, 0.1) is 0 Å². The van der Waals surface area contributed by atoms with E-state index >= 15 is 0 Å². The highest BCUT2D eigenvalue weighted by Crippen LogP contribution is 2.20. The van der Waals surface area contributed by atoms with Gasteiger partial charge in [-0.3, -0.25) is 0 Å². The molecule has 0 saturated carbocycles. The van der Waals surface area contributed by atoms with Gasteiger partial charge in [0, 0.05) is 11.6 Å². The third-order valence-corrected chi connectivity index (χ3v) is 2.27. The van der Waals surface area contributed by atoms with E-state index < -0.39 is 0 Å². The van der Waals surface area contributed by atoms with Crippen LogP contribution in [0.3, 0.4) is 0 Å². The highest BCUT2D eigenvalue weighted by Gasteiger charge is 2.05. The molecule has 0 unspecified atom stereocenters. The highest BCUT2D eigenvalue weighted by molar-refractivity contribution is 5.58. The van der Waals surface area contributed by atoms with E-state index in [2.05, 4.69) is 12.1 Å². The predicted molar refractivity (Wildman–Crippen MR) is 56.0 cm³/mol. The number of hydrogen-bond acceptors (Lipinski definition) is 3. The Labute approximate surface area is 87.9 Å². The first-order chi connectivity index (χ1) is 7.33. The zero-order chi connectivity index (χ0) is 10.7. The molecular formula is C12H10N2O. The number of nitriles is 1. The molecule has 0 aliphatic carbocycles. The molecule has 0 aliphatic heterocycles. The van der Waals surface area contributed by atoms with Gasteiger partial charge in [0.15, 0.2) is 11.5 Å². The molecule has 0 saturated heterocycles. The molecule has 74 valence electrons. The van der Waals surface area contributed by atoms with Gasteiger partial charge in [0.25, 0.3) is 0 Å². The van der Waals surface area contributed by atoms with E-state index in [1.165, 1.54) is 5.56 Å². The Hall–Kier alpha value is -2.08. The van der Waals surface area contributed by atoms with Gasteiger partial charge in [-0.05, 0) is 12.0 Å². The molecule has 15 heavy (non-hydrogen) atoms. The second kappa shape index (κ2) is 3.97. The summed E-state index contributed by atoms with van der Waals surface area (Å²) >= 11 is 0. The summed E-state index contributed by atoms with van der Waals surface area (Å²) in [6, 6.07) is 11.6. The molecule has 0 aliphatic rings. The van der Waals surface area contributed by atoms with Crippen molar-refractivity contribution in [2.24, 2.45) is 0 Å². The first-order valence-corrected chi connectivity index (χ1v) is 4.79. The quantitative estimate of drug-likeness (QED) is 0.745. The maximum atomic E-state index is 8.61. The minimum atomic E-state index is 0.310. The predicted octanol–water partition coefficient (Wildman–Crippen LogP) is 2.78. The highest BCUT2D eigenvalue weighted by atomic mass is 16.5. The van der Waals surface area contributed by atoms with Crippen LogP contribution in [0, 0.1) is 11.3 Å². The van der Waals surface area contributed by atoms with Crippen LogP contribution in [0.1, 0.15) is 18.2 Å². The molecule has 0 fully saturated rings. The zero-order valence-electron chi connectivity index (χ0n) is 8.40. The van der Waals surface area contributed by atoms with E-state index in [0.29, 0.717) is 11.5 Å². The normalized spacial score (nSPS) is 9.87. The van der Waals surface area contributed by atoms with Crippen molar-refractivity contribution < 1.29 is 4.52 Å². The van der Waals surface area contributed by atoms with Gasteiger partial charge in [-0.2, -0.15) is 5.26 Å². The van der Waals surface area contributed by atoms with E-state index in [-0.39, 0.29) is 0 Å². The van der Waals surface area contributed by atoms with Gasteiger partial charge in [0.1, 0.15) is 6.07 Å². The molecule has 0 spiro atoms. The lowest BCUT2D eigenvalue weighted by atomic mass is 10.1. The number of aromatic nitrogens is 1. The molecule has 3 nitrogen and oxygen atoms in total. The molecule has 1 heterocycles.